The van der Waals surface area contributed by atoms with Crippen LogP contribution in [0.2, 0.25) is 5.02 Å². The number of hydrogen-bond acceptors (Lipinski definition) is 2. The monoisotopic (exact) mass is 209 g/mol. The van der Waals surface area contributed by atoms with Gasteiger partial charge in [-0.3, -0.25) is 0 Å². The van der Waals surface area contributed by atoms with Crippen LogP contribution in [0, 0.1) is 6.42 Å². The molecule has 1 unspecified atom stereocenters. The van der Waals surface area contributed by atoms with E-state index in [-0.39, 0.29) is 6.17 Å². The molecule has 0 spiro atoms. The minimum Gasteiger partial charge on any atom is -0.355 e. The highest BCUT2D eigenvalue weighted by molar-refractivity contribution is 6.30. The summed E-state index contributed by atoms with van der Waals surface area (Å²) in [5.74, 6) is 0. The number of nitrogens with zero attached hydrogens (tertiary/aromatic N) is 1. The Morgan fingerprint density at radius 2 is 2.36 bits per heavy atom. The summed E-state index contributed by atoms with van der Waals surface area (Å²) in [5.41, 5.74) is 8.49. The first-order valence-corrected chi connectivity index (χ1v) is 5.20. The Kier molecular flexibility index (Phi) is 2.66. The lowest BCUT2D eigenvalue weighted by Crippen LogP contribution is -2.40. The number of anilines is 1. The zero-order valence-corrected chi connectivity index (χ0v) is 8.96. The van der Waals surface area contributed by atoms with Gasteiger partial charge in [-0.25, -0.2) is 0 Å². The van der Waals surface area contributed by atoms with E-state index in [9.17, 15) is 0 Å². The zero-order chi connectivity index (χ0) is 10.1. The average molecular weight is 210 g/mol. The Balaban J connectivity index is 2.31. The van der Waals surface area contributed by atoms with Gasteiger partial charge < -0.3 is 10.6 Å². The molecule has 1 aliphatic heterocycles. The quantitative estimate of drug-likeness (QED) is 0.810. The molecule has 0 aliphatic carbocycles. The lowest BCUT2D eigenvalue weighted by atomic mass is 10.2. The molecule has 1 aliphatic rings. The molecular weight excluding hydrogens is 196 g/mol. The fourth-order valence-electron chi connectivity index (χ4n) is 1.89. The second-order valence-corrected chi connectivity index (χ2v) is 3.98. The van der Waals surface area contributed by atoms with Crippen molar-refractivity contribution in [3.8, 4) is 0 Å². The van der Waals surface area contributed by atoms with Gasteiger partial charge in [0.05, 0.1) is 6.17 Å². The first kappa shape index (κ1) is 9.81. The Hall–Kier alpha value is -0.730. The molecule has 14 heavy (non-hydrogen) atoms. The molecule has 0 saturated carbocycles. The van der Waals surface area contributed by atoms with Gasteiger partial charge in [0, 0.05) is 17.3 Å². The molecule has 0 saturated heterocycles. The van der Waals surface area contributed by atoms with Gasteiger partial charge in [-0.15, -0.1) is 0 Å². The second kappa shape index (κ2) is 3.79. The molecular formula is C11H14ClN2. The second-order valence-electron chi connectivity index (χ2n) is 3.54. The van der Waals surface area contributed by atoms with Gasteiger partial charge in [0.25, 0.3) is 0 Å². The lowest BCUT2D eigenvalue weighted by molar-refractivity contribution is 0.699. The summed E-state index contributed by atoms with van der Waals surface area (Å²) in [7, 11) is 0. The minimum atomic E-state index is 0.0115. The predicted molar refractivity (Wildman–Crippen MR) is 60.5 cm³/mol. The van der Waals surface area contributed by atoms with Crippen molar-refractivity contribution in [2.24, 2.45) is 5.73 Å². The fourth-order valence-corrected chi connectivity index (χ4v) is 2.08. The van der Waals surface area contributed by atoms with Crippen LogP contribution in [0.25, 0.3) is 0 Å². The molecule has 1 atom stereocenters. The van der Waals surface area contributed by atoms with Gasteiger partial charge in [0.15, 0.2) is 0 Å². The minimum absolute atomic E-state index is 0.0115. The van der Waals surface area contributed by atoms with E-state index in [0.29, 0.717) is 0 Å². The van der Waals surface area contributed by atoms with Gasteiger partial charge in [-0.1, -0.05) is 18.5 Å². The average Bonchev–Trinajstić information content (AvgIpc) is 2.59. The van der Waals surface area contributed by atoms with Crippen molar-refractivity contribution in [3.63, 3.8) is 0 Å². The first-order valence-electron chi connectivity index (χ1n) is 4.82. The molecule has 0 fully saturated rings. The van der Waals surface area contributed by atoms with E-state index < -0.39 is 0 Å². The molecule has 1 radical (unpaired) electrons. The first-order chi connectivity index (χ1) is 6.72. The third-order valence-electron chi connectivity index (χ3n) is 2.67. The maximum Gasteiger partial charge on any atom is 0.0800 e. The number of halogens is 1. The molecule has 0 amide bonds. The summed E-state index contributed by atoms with van der Waals surface area (Å²) in [6.07, 6.45) is 3.05. The van der Waals surface area contributed by atoms with E-state index in [4.69, 9.17) is 17.3 Å². The van der Waals surface area contributed by atoms with Gasteiger partial charge in [-0.2, -0.15) is 0 Å². The number of fused-ring (bicyclic) bond motifs is 1. The lowest BCUT2D eigenvalue weighted by Gasteiger charge is -2.25. The third kappa shape index (κ3) is 1.60. The molecule has 1 aromatic rings. The van der Waals surface area contributed by atoms with Crippen molar-refractivity contribution in [3.05, 3.63) is 35.2 Å². The van der Waals surface area contributed by atoms with Crippen LogP contribution in [0.3, 0.4) is 0 Å². The maximum atomic E-state index is 5.97. The highest BCUT2D eigenvalue weighted by Gasteiger charge is 2.22. The molecule has 1 heterocycles. The molecule has 75 valence electrons. The van der Waals surface area contributed by atoms with E-state index in [1.54, 1.807) is 0 Å². The Morgan fingerprint density at radius 3 is 3.07 bits per heavy atom. The normalized spacial score (nSPS) is 16.9. The van der Waals surface area contributed by atoms with Crippen LogP contribution in [0.4, 0.5) is 5.69 Å². The summed E-state index contributed by atoms with van der Waals surface area (Å²) in [6, 6.07) is 5.99. The highest BCUT2D eigenvalue weighted by Crippen LogP contribution is 2.31. The molecule has 2 N–H and O–H groups in total. The smallest absolute Gasteiger partial charge is 0.0800 e. The van der Waals surface area contributed by atoms with Crippen molar-refractivity contribution < 1.29 is 0 Å². The van der Waals surface area contributed by atoms with E-state index in [1.165, 1.54) is 11.3 Å². The number of benzene rings is 1. The summed E-state index contributed by atoms with van der Waals surface area (Å²) in [5, 5.41) is 0.805. The van der Waals surface area contributed by atoms with Crippen LogP contribution in [0.5, 0.6) is 0 Å². The zero-order valence-electron chi connectivity index (χ0n) is 8.20. The molecule has 1 aromatic carbocycles. The van der Waals surface area contributed by atoms with Crippen LogP contribution in [-0.2, 0) is 6.42 Å². The van der Waals surface area contributed by atoms with E-state index in [2.05, 4.69) is 4.90 Å². The van der Waals surface area contributed by atoms with Gasteiger partial charge >= 0.3 is 0 Å². The van der Waals surface area contributed by atoms with Crippen LogP contribution in [0.15, 0.2) is 18.2 Å². The van der Waals surface area contributed by atoms with Crippen molar-refractivity contribution >= 4 is 17.3 Å². The standard InChI is InChI=1S/C11H14ClN2/c1-2-11(13)14-6-5-8-7-9(12)3-4-10(8)14/h2-4,7,11H,5-6,13H2,1H3. The molecule has 0 bridgehead atoms. The summed E-state index contributed by atoms with van der Waals surface area (Å²) < 4.78 is 0. The van der Waals surface area contributed by atoms with Gasteiger partial charge in [0.1, 0.15) is 0 Å². The maximum absolute atomic E-state index is 5.97. The predicted octanol–water partition coefficient (Wildman–Crippen LogP) is 2.21. The van der Waals surface area contributed by atoms with Crippen molar-refractivity contribution in [1.82, 2.24) is 0 Å². The number of hydrogen-bond donors (Lipinski definition) is 1. The molecule has 3 heteroatoms. The summed E-state index contributed by atoms with van der Waals surface area (Å²) in [6.45, 7) is 2.97. The molecule has 2 nitrogen and oxygen atoms in total. The highest BCUT2D eigenvalue weighted by atomic mass is 35.5. The number of nitrogens with two attached hydrogens (primary N) is 1. The van der Waals surface area contributed by atoms with Crippen LogP contribution in [-0.4, -0.2) is 12.7 Å². The molecule has 2 rings (SSSR count). The fraction of sp³-hybridized carbons (Fsp3) is 0.364. The summed E-state index contributed by atoms with van der Waals surface area (Å²) in [4.78, 5) is 2.20. The van der Waals surface area contributed by atoms with E-state index in [0.717, 1.165) is 18.0 Å². The Bertz CT molecular complexity index is 338. The third-order valence-corrected chi connectivity index (χ3v) is 2.91. The molecule has 0 aromatic heterocycles. The van der Waals surface area contributed by atoms with Crippen molar-refractivity contribution in [2.45, 2.75) is 19.5 Å². The van der Waals surface area contributed by atoms with Gasteiger partial charge in [-0.05, 0) is 36.6 Å². The van der Waals surface area contributed by atoms with Crippen molar-refractivity contribution in [2.75, 3.05) is 11.4 Å². The largest absolute Gasteiger partial charge is 0.355 e. The topological polar surface area (TPSA) is 29.3 Å². The number of rotatable bonds is 2. The van der Waals surface area contributed by atoms with Crippen LogP contribution < -0.4 is 10.6 Å². The SMILES string of the molecule is C[CH]C(N)N1CCc2cc(Cl)ccc21. The van der Waals surface area contributed by atoms with Gasteiger partial charge in [0.2, 0.25) is 0 Å². The van der Waals surface area contributed by atoms with Crippen LogP contribution >= 0.6 is 11.6 Å². The van der Waals surface area contributed by atoms with E-state index >= 15 is 0 Å². The summed E-state index contributed by atoms with van der Waals surface area (Å²) >= 11 is 5.93. The van der Waals surface area contributed by atoms with Crippen LogP contribution in [0.1, 0.15) is 12.5 Å². The Labute approximate surface area is 89.7 Å². The van der Waals surface area contributed by atoms with E-state index in [1.807, 2.05) is 31.5 Å². The van der Waals surface area contributed by atoms with Crippen molar-refractivity contribution in [1.29, 1.82) is 0 Å². The Morgan fingerprint density at radius 1 is 1.57 bits per heavy atom.